The summed E-state index contributed by atoms with van der Waals surface area (Å²) in [6, 6.07) is 1.14. The lowest BCUT2D eigenvalue weighted by atomic mass is 9.95. The van der Waals surface area contributed by atoms with Crippen LogP contribution in [0, 0.1) is 17.0 Å². The Balaban J connectivity index is 2.10. The lowest BCUT2D eigenvalue weighted by molar-refractivity contribution is -0.389. The van der Waals surface area contributed by atoms with Gasteiger partial charge in [-0.3, -0.25) is 4.79 Å². The first-order valence-corrected chi connectivity index (χ1v) is 7.53. The van der Waals surface area contributed by atoms with Crippen molar-refractivity contribution in [2.45, 2.75) is 64.5 Å². The van der Waals surface area contributed by atoms with E-state index >= 15 is 0 Å². The molecule has 1 unspecified atom stereocenters. The van der Waals surface area contributed by atoms with Gasteiger partial charge in [-0.05, 0) is 31.1 Å². The summed E-state index contributed by atoms with van der Waals surface area (Å²) >= 11 is 0. The van der Waals surface area contributed by atoms with Gasteiger partial charge in [-0.2, -0.15) is 4.68 Å². The average Bonchev–Trinajstić information content (AvgIpc) is 2.83. The topological polar surface area (TPSA) is 90.1 Å². The summed E-state index contributed by atoms with van der Waals surface area (Å²) in [5, 5.41) is 17.8. The second-order valence-corrected chi connectivity index (χ2v) is 5.61. The Morgan fingerprint density at radius 3 is 2.71 bits per heavy atom. The number of rotatable bonds is 5. The van der Waals surface area contributed by atoms with Crippen LogP contribution < -0.4 is 5.32 Å². The molecule has 1 aliphatic carbocycles. The van der Waals surface area contributed by atoms with Gasteiger partial charge in [0.15, 0.2) is 6.04 Å². The Kier molecular flexibility index (Phi) is 4.93. The molecule has 1 amide bonds. The molecule has 2 rings (SSSR count). The molecule has 1 aliphatic rings. The summed E-state index contributed by atoms with van der Waals surface area (Å²) in [6.07, 6.45) is 6.11. The van der Waals surface area contributed by atoms with E-state index in [4.69, 9.17) is 0 Å². The van der Waals surface area contributed by atoms with E-state index in [1.54, 1.807) is 6.92 Å². The Morgan fingerprint density at radius 2 is 2.19 bits per heavy atom. The number of nitrogens with zero attached hydrogens (tertiary/aromatic N) is 3. The molecule has 7 heteroatoms. The van der Waals surface area contributed by atoms with Crippen LogP contribution in [0.25, 0.3) is 0 Å². The van der Waals surface area contributed by atoms with Crippen molar-refractivity contribution in [2.75, 3.05) is 0 Å². The lowest BCUT2D eigenvalue weighted by Crippen LogP contribution is -2.41. The zero-order valence-corrected chi connectivity index (χ0v) is 12.5. The van der Waals surface area contributed by atoms with E-state index in [1.165, 1.54) is 17.2 Å². The largest absolute Gasteiger partial charge is 0.390 e. The number of aryl methyl sites for hydroxylation is 1. The third-order valence-corrected chi connectivity index (χ3v) is 4.03. The van der Waals surface area contributed by atoms with E-state index in [9.17, 15) is 14.9 Å². The first-order valence-electron chi connectivity index (χ1n) is 7.53. The normalized spacial score (nSPS) is 17.4. The minimum atomic E-state index is -0.532. The predicted octanol–water partition coefficient (Wildman–Crippen LogP) is 2.50. The van der Waals surface area contributed by atoms with E-state index in [1.807, 2.05) is 6.92 Å². The van der Waals surface area contributed by atoms with Gasteiger partial charge >= 0.3 is 5.82 Å². The summed E-state index contributed by atoms with van der Waals surface area (Å²) < 4.78 is 1.47. The fourth-order valence-electron chi connectivity index (χ4n) is 2.89. The molecule has 1 aromatic rings. The van der Waals surface area contributed by atoms with Crippen molar-refractivity contribution in [1.29, 1.82) is 0 Å². The zero-order valence-electron chi connectivity index (χ0n) is 12.5. The van der Waals surface area contributed by atoms with Gasteiger partial charge in [0.2, 0.25) is 5.91 Å². The molecule has 116 valence electrons. The first kappa shape index (κ1) is 15.5. The zero-order chi connectivity index (χ0) is 15.4. The smallest absolute Gasteiger partial charge is 0.358 e. The molecule has 0 saturated heterocycles. The Bertz CT molecular complexity index is 520. The van der Waals surface area contributed by atoms with Crippen molar-refractivity contribution in [1.82, 2.24) is 15.1 Å². The molecule has 0 radical (unpaired) electrons. The van der Waals surface area contributed by atoms with Gasteiger partial charge in [-0.25, -0.2) is 0 Å². The third-order valence-electron chi connectivity index (χ3n) is 4.03. The molecule has 0 aromatic carbocycles. The molecular weight excluding hydrogens is 272 g/mol. The van der Waals surface area contributed by atoms with Crippen LogP contribution in [0.4, 0.5) is 5.82 Å². The van der Waals surface area contributed by atoms with Crippen molar-refractivity contribution in [2.24, 2.45) is 0 Å². The average molecular weight is 294 g/mol. The highest BCUT2D eigenvalue weighted by atomic mass is 16.6. The number of hydrogen-bond donors (Lipinski definition) is 1. The monoisotopic (exact) mass is 294 g/mol. The molecule has 0 bridgehead atoms. The number of carbonyl (C=O) groups is 1. The molecule has 0 spiro atoms. The molecule has 1 atom stereocenters. The molecule has 1 fully saturated rings. The number of nitrogens with one attached hydrogen (secondary N) is 1. The number of nitro groups is 1. The number of amides is 1. The second-order valence-electron chi connectivity index (χ2n) is 5.61. The molecular formula is C14H22N4O3. The van der Waals surface area contributed by atoms with Crippen LogP contribution in [0.1, 0.15) is 57.2 Å². The van der Waals surface area contributed by atoms with Gasteiger partial charge in [0.05, 0.1) is 16.9 Å². The molecule has 0 aliphatic heterocycles. The number of hydrogen-bond acceptors (Lipinski definition) is 4. The number of carbonyl (C=O) groups excluding carboxylic acids is 1. The standard InChI is InChI=1S/C14H22N4O3/c1-3-12(14(19)15-11-7-5-4-6-8-11)17-10(2)9-13(16-17)18(20)21/h9,11-12H,3-8H2,1-2H3,(H,15,19). The van der Waals surface area contributed by atoms with Gasteiger partial charge in [-0.15, -0.1) is 0 Å². The van der Waals surface area contributed by atoms with Crippen LogP contribution in [0.5, 0.6) is 0 Å². The highest BCUT2D eigenvalue weighted by molar-refractivity contribution is 5.80. The SMILES string of the molecule is CCC(C(=O)NC1CCCCC1)n1nc([N+](=O)[O-])cc1C. The van der Waals surface area contributed by atoms with E-state index in [0.29, 0.717) is 12.1 Å². The molecule has 1 aromatic heterocycles. The van der Waals surface area contributed by atoms with Gasteiger partial charge in [0.1, 0.15) is 0 Å². The van der Waals surface area contributed by atoms with Crippen LogP contribution in [-0.4, -0.2) is 26.7 Å². The second kappa shape index (κ2) is 6.69. The fourth-order valence-corrected chi connectivity index (χ4v) is 2.89. The molecule has 7 nitrogen and oxygen atoms in total. The third kappa shape index (κ3) is 3.59. The van der Waals surface area contributed by atoms with Gasteiger partial charge < -0.3 is 15.4 Å². The van der Waals surface area contributed by atoms with Gasteiger partial charge in [0.25, 0.3) is 0 Å². The highest BCUT2D eigenvalue weighted by Crippen LogP contribution is 2.21. The van der Waals surface area contributed by atoms with Crippen LogP contribution >= 0.6 is 0 Å². The van der Waals surface area contributed by atoms with Crippen LogP contribution in [0.15, 0.2) is 6.07 Å². The molecule has 21 heavy (non-hydrogen) atoms. The van der Waals surface area contributed by atoms with Crippen LogP contribution in [0.2, 0.25) is 0 Å². The van der Waals surface area contributed by atoms with Crippen molar-refractivity contribution in [3.8, 4) is 0 Å². The van der Waals surface area contributed by atoms with Crippen LogP contribution in [-0.2, 0) is 4.79 Å². The Labute approximate surface area is 123 Å². The van der Waals surface area contributed by atoms with Crippen molar-refractivity contribution in [3.05, 3.63) is 21.9 Å². The van der Waals surface area contributed by atoms with Gasteiger partial charge in [0, 0.05) is 6.04 Å². The van der Waals surface area contributed by atoms with Crippen molar-refractivity contribution >= 4 is 11.7 Å². The maximum atomic E-state index is 12.4. The van der Waals surface area contributed by atoms with Gasteiger partial charge in [-0.1, -0.05) is 26.2 Å². The van der Waals surface area contributed by atoms with E-state index < -0.39 is 11.0 Å². The molecule has 1 heterocycles. The molecule has 1 saturated carbocycles. The van der Waals surface area contributed by atoms with Crippen molar-refractivity contribution in [3.63, 3.8) is 0 Å². The summed E-state index contributed by atoms with van der Waals surface area (Å²) in [5.74, 6) is -0.304. The maximum Gasteiger partial charge on any atom is 0.390 e. The van der Waals surface area contributed by atoms with E-state index in [0.717, 1.165) is 25.7 Å². The minimum absolute atomic E-state index is 0.0921. The van der Waals surface area contributed by atoms with Crippen molar-refractivity contribution < 1.29 is 9.72 Å². The summed E-state index contributed by atoms with van der Waals surface area (Å²) in [5.41, 5.74) is 0.632. The van der Waals surface area contributed by atoms with E-state index in [-0.39, 0.29) is 17.8 Å². The number of aromatic nitrogens is 2. The molecule has 1 N–H and O–H groups in total. The fraction of sp³-hybridized carbons (Fsp3) is 0.714. The Morgan fingerprint density at radius 1 is 1.52 bits per heavy atom. The Hall–Kier alpha value is -1.92. The van der Waals surface area contributed by atoms with E-state index in [2.05, 4.69) is 10.4 Å². The summed E-state index contributed by atoms with van der Waals surface area (Å²) in [7, 11) is 0. The summed E-state index contributed by atoms with van der Waals surface area (Å²) in [4.78, 5) is 22.7. The highest BCUT2D eigenvalue weighted by Gasteiger charge is 2.28. The van der Waals surface area contributed by atoms with Crippen LogP contribution in [0.3, 0.4) is 0 Å². The first-order chi connectivity index (χ1) is 10.0. The predicted molar refractivity (Wildman–Crippen MR) is 78.0 cm³/mol. The minimum Gasteiger partial charge on any atom is -0.358 e. The summed E-state index contributed by atoms with van der Waals surface area (Å²) in [6.45, 7) is 3.62. The lowest BCUT2D eigenvalue weighted by Gasteiger charge is -2.24. The maximum absolute atomic E-state index is 12.4. The quantitative estimate of drug-likeness (QED) is 0.667.